The van der Waals surface area contributed by atoms with Gasteiger partial charge in [0.1, 0.15) is 5.78 Å². The smallest absolute Gasteiger partial charge is 0.137 e. The van der Waals surface area contributed by atoms with Gasteiger partial charge in [-0.2, -0.15) is 0 Å². The van der Waals surface area contributed by atoms with E-state index >= 15 is 0 Å². The van der Waals surface area contributed by atoms with Gasteiger partial charge >= 0.3 is 0 Å². The topological polar surface area (TPSA) is 29.5 Å². The SMILES string of the molecule is COCC(C)N1CCCC1C1CCCC1=O. The van der Waals surface area contributed by atoms with Crippen LogP contribution in [-0.4, -0.2) is 43.0 Å². The molecule has 0 N–H and O–H groups in total. The Balaban J connectivity index is 1.99. The first-order chi connectivity index (χ1) is 7.74. The van der Waals surface area contributed by atoms with E-state index in [1.54, 1.807) is 7.11 Å². The predicted octanol–water partition coefficient (Wildman–Crippen LogP) is 1.85. The van der Waals surface area contributed by atoms with Crippen molar-refractivity contribution in [3.63, 3.8) is 0 Å². The lowest BCUT2D eigenvalue weighted by Crippen LogP contribution is -2.44. The van der Waals surface area contributed by atoms with E-state index in [2.05, 4.69) is 11.8 Å². The van der Waals surface area contributed by atoms with Crippen LogP contribution in [0.4, 0.5) is 0 Å². The molecule has 3 unspecified atom stereocenters. The molecule has 1 aliphatic carbocycles. The van der Waals surface area contributed by atoms with Crippen molar-refractivity contribution in [3.8, 4) is 0 Å². The molecule has 92 valence electrons. The normalized spacial score (nSPS) is 33.5. The highest BCUT2D eigenvalue weighted by atomic mass is 16.5. The van der Waals surface area contributed by atoms with Crippen LogP contribution in [0.25, 0.3) is 0 Å². The molecule has 2 aliphatic rings. The molecule has 1 heterocycles. The second kappa shape index (κ2) is 5.28. The molecule has 1 aliphatic heterocycles. The third kappa shape index (κ3) is 2.30. The Morgan fingerprint density at radius 3 is 2.88 bits per heavy atom. The van der Waals surface area contributed by atoms with E-state index in [-0.39, 0.29) is 0 Å². The summed E-state index contributed by atoms with van der Waals surface area (Å²) in [6.45, 7) is 4.12. The van der Waals surface area contributed by atoms with Crippen LogP contribution >= 0.6 is 0 Å². The molecule has 0 bridgehead atoms. The number of rotatable bonds is 4. The minimum absolute atomic E-state index is 0.321. The number of carbonyl (C=O) groups is 1. The number of ketones is 1. The van der Waals surface area contributed by atoms with Crippen molar-refractivity contribution < 1.29 is 9.53 Å². The van der Waals surface area contributed by atoms with Crippen molar-refractivity contribution in [2.45, 2.75) is 51.1 Å². The molecule has 0 amide bonds. The summed E-state index contributed by atoms with van der Waals surface area (Å²) in [7, 11) is 1.75. The third-order valence-corrected chi connectivity index (χ3v) is 4.13. The maximum atomic E-state index is 11.8. The largest absolute Gasteiger partial charge is 0.383 e. The average molecular weight is 225 g/mol. The Bertz CT molecular complexity index is 254. The van der Waals surface area contributed by atoms with E-state index in [0.29, 0.717) is 23.8 Å². The predicted molar refractivity (Wildman–Crippen MR) is 63.4 cm³/mol. The number of ether oxygens (including phenoxy) is 1. The maximum Gasteiger partial charge on any atom is 0.137 e. The summed E-state index contributed by atoms with van der Waals surface area (Å²) in [6, 6.07) is 0.950. The second-order valence-electron chi connectivity index (χ2n) is 5.22. The Hall–Kier alpha value is -0.410. The van der Waals surface area contributed by atoms with Crippen LogP contribution in [0.2, 0.25) is 0 Å². The van der Waals surface area contributed by atoms with Crippen LogP contribution in [0.15, 0.2) is 0 Å². The van der Waals surface area contributed by atoms with Gasteiger partial charge in [0, 0.05) is 31.5 Å². The van der Waals surface area contributed by atoms with Crippen LogP contribution < -0.4 is 0 Å². The molecular formula is C13H23NO2. The number of Topliss-reactive ketones (excluding diaryl/α,β-unsaturated/α-hetero) is 1. The fourth-order valence-corrected chi connectivity index (χ4v) is 3.38. The Kier molecular flexibility index (Phi) is 3.98. The summed E-state index contributed by atoms with van der Waals surface area (Å²) < 4.78 is 5.23. The molecule has 2 fully saturated rings. The molecular weight excluding hydrogens is 202 g/mol. The number of nitrogens with zero attached hydrogens (tertiary/aromatic N) is 1. The molecule has 0 aromatic heterocycles. The summed E-state index contributed by atoms with van der Waals surface area (Å²) in [6.07, 6.45) is 5.47. The van der Waals surface area contributed by atoms with E-state index in [1.165, 1.54) is 12.8 Å². The van der Waals surface area contributed by atoms with Gasteiger partial charge in [-0.1, -0.05) is 0 Å². The zero-order valence-corrected chi connectivity index (χ0v) is 10.4. The van der Waals surface area contributed by atoms with Crippen LogP contribution in [0.3, 0.4) is 0 Å². The van der Waals surface area contributed by atoms with Crippen LogP contribution in [0.1, 0.15) is 39.0 Å². The number of hydrogen-bond acceptors (Lipinski definition) is 3. The van der Waals surface area contributed by atoms with Gasteiger partial charge in [0.15, 0.2) is 0 Å². The van der Waals surface area contributed by atoms with Crippen molar-refractivity contribution in [1.82, 2.24) is 4.90 Å². The van der Waals surface area contributed by atoms with E-state index in [1.807, 2.05) is 0 Å². The van der Waals surface area contributed by atoms with Gasteiger partial charge in [-0.3, -0.25) is 9.69 Å². The fourth-order valence-electron chi connectivity index (χ4n) is 3.38. The Morgan fingerprint density at radius 1 is 1.44 bits per heavy atom. The first kappa shape index (κ1) is 12.1. The Morgan fingerprint density at radius 2 is 2.25 bits per heavy atom. The van der Waals surface area contributed by atoms with Crippen molar-refractivity contribution in [3.05, 3.63) is 0 Å². The first-order valence-electron chi connectivity index (χ1n) is 6.51. The van der Waals surface area contributed by atoms with E-state index in [4.69, 9.17) is 4.74 Å². The summed E-state index contributed by atoms with van der Waals surface area (Å²) in [5.41, 5.74) is 0. The molecule has 3 nitrogen and oxygen atoms in total. The number of likely N-dealkylation sites (tertiary alicyclic amines) is 1. The van der Waals surface area contributed by atoms with Crippen molar-refractivity contribution in [1.29, 1.82) is 0 Å². The molecule has 0 radical (unpaired) electrons. The number of carbonyl (C=O) groups excluding carboxylic acids is 1. The van der Waals surface area contributed by atoms with Gasteiger partial charge in [-0.05, 0) is 39.2 Å². The summed E-state index contributed by atoms with van der Waals surface area (Å²) in [4.78, 5) is 14.3. The average Bonchev–Trinajstić information content (AvgIpc) is 2.85. The van der Waals surface area contributed by atoms with Gasteiger partial charge in [0.05, 0.1) is 6.61 Å². The Labute approximate surface area is 98.1 Å². The number of hydrogen-bond donors (Lipinski definition) is 0. The second-order valence-corrected chi connectivity index (χ2v) is 5.22. The van der Waals surface area contributed by atoms with Crippen LogP contribution in [0.5, 0.6) is 0 Å². The van der Waals surface area contributed by atoms with Crippen LogP contribution in [-0.2, 0) is 9.53 Å². The molecule has 3 atom stereocenters. The molecule has 2 rings (SSSR count). The van der Waals surface area contributed by atoms with Gasteiger partial charge < -0.3 is 4.74 Å². The van der Waals surface area contributed by atoms with Gasteiger partial charge in [-0.15, -0.1) is 0 Å². The number of methoxy groups -OCH3 is 1. The lowest BCUT2D eigenvalue weighted by atomic mass is 9.94. The monoisotopic (exact) mass is 225 g/mol. The van der Waals surface area contributed by atoms with Crippen molar-refractivity contribution in [2.75, 3.05) is 20.3 Å². The molecule has 1 saturated carbocycles. The zero-order valence-electron chi connectivity index (χ0n) is 10.4. The van der Waals surface area contributed by atoms with Crippen LogP contribution in [0, 0.1) is 5.92 Å². The summed E-state index contributed by atoms with van der Waals surface area (Å²) >= 11 is 0. The molecule has 1 saturated heterocycles. The quantitative estimate of drug-likeness (QED) is 0.731. The molecule has 3 heteroatoms. The maximum absolute atomic E-state index is 11.8. The molecule has 0 aromatic rings. The summed E-state index contributed by atoms with van der Waals surface area (Å²) in [5, 5.41) is 0. The highest BCUT2D eigenvalue weighted by molar-refractivity contribution is 5.83. The third-order valence-electron chi connectivity index (χ3n) is 4.13. The van der Waals surface area contributed by atoms with Crippen molar-refractivity contribution >= 4 is 5.78 Å². The van der Waals surface area contributed by atoms with Gasteiger partial charge in [0.25, 0.3) is 0 Å². The van der Waals surface area contributed by atoms with Gasteiger partial charge in [0.2, 0.25) is 0 Å². The first-order valence-corrected chi connectivity index (χ1v) is 6.51. The zero-order chi connectivity index (χ0) is 11.5. The fraction of sp³-hybridized carbons (Fsp3) is 0.923. The minimum atomic E-state index is 0.321. The highest BCUT2D eigenvalue weighted by Gasteiger charge is 2.39. The highest BCUT2D eigenvalue weighted by Crippen LogP contribution is 2.34. The minimum Gasteiger partial charge on any atom is -0.383 e. The van der Waals surface area contributed by atoms with Crippen molar-refractivity contribution in [2.24, 2.45) is 5.92 Å². The lowest BCUT2D eigenvalue weighted by molar-refractivity contribution is -0.122. The van der Waals surface area contributed by atoms with E-state index in [0.717, 1.165) is 32.4 Å². The molecule has 16 heavy (non-hydrogen) atoms. The van der Waals surface area contributed by atoms with Gasteiger partial charge in [-0.25, -0.2) is 0 Å². The standard InChI is InChI=1S/C13H23NO2/c1-10(9-16-2)14-8-4-6-12(14)11-5-3-7-13(11)15/h10-12H,3-9H2,1-2H3. The van der Waals surface area contributed by atoms with E-state index in [9.17, 15) is 4.79 Å². The summed E-state index contributed by atoms with van der Waals surface area (Å²) in [5.74, 6) is 0.823. The lowest BCUT2D eigenvalue weighted by Gasteiger charge is -2.33. The molecule has 0 spiro atoms. The molecule has 0 aromatic carbocycles. The van der Waals surface area contributed by atoms with E-state index < -0.39 is 0 Å².